The number of sulfonamides is 1. The van der Waals surface area contributed by atoms with Gasteiger partial charge in [0.2, 0.25) is 15.9 Å². The molecule has 0 saturated heterocycles. The van der Waals surface area contributed by atoms with Crippen LogP contribution in [-0.4, -0.2) is 37.8 Å². The largest absolute Gasteiger partial charge is 0.480 e. The van der Waals surface area contributed by atoms with Crippen molar-refractivity contribution in [2.45, 2.75) is 11.3 Å². The second-order valence-electron chi connectivity index (χ2n) is 7.71. The third-order valence-electron chi connectivity index (χ3n) is 5.19. The molecule has 0 bridgehead atoms. The molecule has 3 aromatic carbocycles. The Morgan fingerprint density at radius 3 is 2.44 bits per heavy atom. The zero-order valence-corrected chi connectivity index (χ0v) is 19.7. The van der Waals surface area contributed by atoms with Gasteiger partial charge in [-0.05, 0) is 41.3 Å². The molecule has 9 nitrogen and oxygen atoms in total. The molecule has 0 spiro atoms. The number of benzene rings is 3. The second kappa shape index (κ2) is 10.9. The summed E-state index contributed by atoms with van der Waals surface area (Å²) in [4.78, 5) is 22.1. The van der Waals surface area contributed by atoms with Crippen LogP contribution in [0.2, 0.25) is 0 Å². The highest BCUT2D eigenvalue weighted by molar-refractivity contribution is 7.89. The molecule has 0 heterocycles. The van der Waals surface area contributed by atoms with Crippen molar-refractivity contribution in [3.05, 3.63) is 89.8 Å². The third-order valence-corrected chi connectivity index (χ3v) is 6.16. The third kappa shape index (κ3) is 6.20. The van der Waals surface area contributed by atoms with E-state index in [4.69, 9.17) is 21.4 Å². The Bertz CT molecular complexity index is 1490. The van der Waals surface area contributed by atoms with E-state index < -0.39 is 34.3 Å². The van der Waals surface area contributed by atoms with Gasteiger partial charge in [0.25, 0.3) is 0 Å². The summed E-state index contributed by atoms with van der Waals surface area (Å²) in [5.74, 6) is -2.75. The molecule has 3 aromatic rings. The highest BCUT2D eigenvalue weighted by Gasteiger charge is 2.21. The lowest BCUT2D eigenvalue weighted by Gasteiger charge is -2.17. The summed E-state index contributed by atoms with van der Waals surface area (Å²) in [7, 11) is -4.13. The summed E-state index contributed by atoms with van der Waals surface area (Å²) < 4.78 is 40.4. The molecule has 3 rings (SSSR count). The predicted molar refractivity (Wildman–Crippen MR) is 133 cm³/mol. The van der Waals surface area contributed by atoms with Gasteiger partial charge in [-0.15, -0.1) is 0 Å². The molecule has 0 aliphatic heterocycles. The fourth-order valence-corrected chi connectivity index (χ4v) is 4.33. The Morgan fingerprint density at radius 2 is 1.78 bits per heavy atom. The summed E-state index contributed by atoms with van der Waals surface area (Å²) >= 11 is 0. The average molecular weight is 511 g/mol. The number of carboxylic acids is 1. The first-order valence-corrected chi connectivity index (χ1v) is 12.1. The fourth-order valence-electron chi connectivity index (χ4n) is 3.58. The van der Waals surface area contributed by atoms with E-state index in [-0.39, 0.29) is 39.4 Å². The summed E-state index contributed by atoms with van der Waals surface area (Å²) in [6, 6.07) is 15.3. The van der Waals surface area contributed by atoms with Crippen LogP contribution in [0.1, 0.15) is 11.1 Å². The lowest BCUT2D eigenvalue weighted by molar-refractivity contribution is -0.137. The first-order valence-electron chi connectivity index (χ1n) is 10.5. The van der Waals surface area contributed by atoms with Crippen LogP contribution in [0, 0.1) is 11.2 Å². The number of carboxylic acid groups (broad SMARTS) is 1. The molecule has 36 heavy (non-hydrogen) atoms. The molecule has 0 atom stereocenters. The number of hydrogen-bond donors (Lipinski definition) is 5. The van der Waals surface area contributed by atoms with Gasteiger partial charge >= 0.3 is 5.97 Å². The number of allylic oxidation sites excluding steroid dienone is 1. The van der Waals surface area contributed by atoms with Gasteiger partial charge in [-0.3, -0.25) is 15.0 Å². The Balaban J connectivity index is 2.15. The molecule has 1 amide bonds. The Labute approximate surface area is 206 Å². The predicted octanol–water partition coefficient (Wildman–Crippen LogP) is 2.39. The van der Waals surface area contributed by atoms with E-state index in [2.05, 4.69) is 5.32 Å². The number of aliphatic carboxylic acids is 1. The number of nitrogens with two attached hydrogens (primary N) is 2. The van der Waals surface area contributed by atoms with Crippen molar-refractivity contribution in [2.75, 3.05) is 6.54 Å². The van der Waals surface area contributed by atoms with Gasteiger partial charge in [-0.2, -0.15) is 0 Å². The van der Waals surface area contributed by atoms with Gasteiger partial charge in [-0.1, -0.05) is 54.6 Å². The molecule has 0 unspecified atom stereocenters. The number of amidine groups is 1. The standard InChI is InChI=1S/C25H23FN4O5S/c26-24-15(5-4-10-21(31)30-14-22(32)33)11-12-19(18-8-1-2-9-20(18)36(29,34)35)23(24)16-6-3-7-17(13-16)25(27)28/h1-4,6-13H,5,14H2,(H3,27,28)(H,30,31)(H,32,33)(H2,29,34,35). The lowest BCUT2D eigenvalue weighted by atomic mass is 9.90. The fraction of sp³-hybridized carbons (Fsp3) is 0.0800. The van der Waals surface area contributed by atoms with Crippen LogP contribution in [0.25, 0.3) is 22.3 Å². The number of carbonyl (C=O) groups is 2. The van der Waals surface area contributed by atoms with Crippen molar-refractivity contribution in [3.8, 4) is 22.3 Å². The quantitative estimate of drug-likeness (QED) is 0.168. The normalized spacial score (nSPS) is 11.4. The monoisotopic (exact) mass is 510 g/mol. The van der Waals surface area contributed by atoms with E-state index in [1.807, 2.05) is 0 Å². The van der Waals surface area contributed by atoms with Crippen LogP contribution in [0.15, 0.2) is 77.7 Å². The molecule has 0 aliphatic rings. The summed E-state index contributed by atoms with van der Waals surface area (Å²) in [5, 5.41) is 23.9. The van der Waals surface area contributed by atoms with Crippen LogP contribution in [0.5, 0.6) is 0 Å². The minimum absolute atomic E-state index is 0.0111. The Kier molecular flexibility index (Phi) is 7.97. The average Bonchev–Trinajstić information content (AvgIpc) is 2.83. The van der Waals surface area contributed by atoms with Gasteiger partial charge < -0.3 is 16.2 Å². The molecule has 0 fully saturated rings. The number of amides is 1. The minimum Gasteiger partial charge on any atom is -0.480 e. The molecule has 0 saturated carbocycles. The number of rotatable bonds is 9. The van der Waals surface area contributed by atoms with Gasteiger partial charge in [-0.25, -0.2) is 17.9 Å². The summed E-state index contributed by atoms with van der Waals surface area (Å²) in [6.07, 6.45) is 2.47. The molecular formula is C25H23FN4O5S. The second-order valence-corrected chi connectivity index (χ2v) is 9.24. The number of primary sulfonamides is 1. The van der Waals surface area contributed by atoms with Gasteiger partial charge in [0, 0.05) is 16.7 Å². The van der Waals surface area contributed by atoms with Crippen molar-refractivity contribution in [1.29, 1.82) is 5.41 Å². The Morgan fingerprint density at radius 1 is 1.06 bits per heavy atom. The maximum Gasteiger partial charge on any atom is 0.322 e. The summed E-state index contributed by atoms with van der Waals surface area (Å²) in [6.45, 7) is -0.549. The molecule has 11 heteroatoms. The number of carbonyl (C=O) groups excluding carboxylic acids is 1. The zero-order chi connectivity index (χ0) is 26.5. The van der Waals surface area contributed by atoms with Crippen molar-refractivity contribution < 1.29 is 27.5 Å². The van der Waals surface area contributed by atoms with E-state index in [1.165, 1.54) is 36.4 Å². The maximum absolute atomic E-state index is 16.0. The van der Waals surface area contributed by atoms with Crippen LogP contribution in [0.3, 0.4) is 0 Å². The Hall–Kier alpha value is -4.35. The van der Waals surface area contributed by atoms with Crippen LogP contribution < -0.4 is 16.2 Å². The SMILES string of the molecule is N=C(N)c1cccc(-c2c(-c3ccccc3S(N)(=O)=O)ccc(CC=CC(=O)NCC(=O)O)c2F)c1. The molecular weight excluding hydrogens is 487 g/mol. The number of nitrogen functional groups attached to an aromatic ring is 1. The zero-order valence-electron chi connectivity index (χ0n) is 18.9. The highest BCUT2D eigenvalue weighted by atomic mass is 32.2. The van der Waals surface area contributed by atoms with E-state index >= 15 is 4.39 Å². The minimum atomic E-state index is -4.13. The first-order chi connectivity index (χ1) is 17.0. The number of halogens is 1. The molecule has 186 valence electrons. The maximum atomic E-state index is 16.0. The van der Waals surface area contributed by atoms with Crippen molar-refractivity contribution in [1.82, 2.24) is 5.32 Å². The van der Waals surface area contributed by atoms with Gasteiger partial charge in [0.1, 0.15) is 18.2 Å². The van der Waals surface area contributed by atoms with Crippen LogP contribution >= 0.6 is 0 Å². The molecule has 7 N–H and O–H groups in total. The van der Waals surface area contributed by atoms with E-state index in [0.29, 0.717) is 11.1 Å². The van der Waals surface area contributed by atoms with Gasteiger partial charge in [0.15, 0.2) is 0 Å². The van der Waals surface area contributed by atoms with Crippen molar-refractivity contribution in [3.63, 3.8) is 0 Å². The van der Waals surface area contributed by atoms with Crippen LogP contribution in [0.4, 0.5) is 4.39 Å². The smallest absolute Gasteiger partial charge is 0.322 e. The molecule has 0 aromatic heterocycles. The van der Waals surface area contributed by atoms with Crippen LogP contribution in [-0.2, 0) is 26.0 Å². The van der Waals surface area contributed by atoms with Crippen molar-refractivity contribution >= 4 is 27.7 Å². The van der Waals surface area contributed by atoms with Gasteiger partial charge in [0.05, 0.1) is 4.90 Å². The highest BCUT2D eigenvalue weighted by Crippen LogP contribution is 2.38. The topological polar surface area (TPSA) is 176 Å². The molecule has 0 aliphatic carbocycles. The van der Waals surface area contributed by atoms with E-state index in [0.717, 1.165) is 6.08 Å². The summed E-state index contributed by atoms with van der Waals surface area (Å²) in [5.41, 5.74) is 7.01. The number of hydrogen-bond acceptors (Lipinski definition) is 5. The lowest BCUT2D eigenvalue weighted by Crippen LogP contribution is -2.27. The van der Waals surface area contributed by atoms with E-state index in [1.54, 1.807) is 30.3 Å². The van der Waals surface area contributed by atoms with Crippen molar-refractivity contribution in [2.24, 2.45) is 10.9 Å². The van der Waals surface area contributed by atoms with E-state index in [9.17, 15) is 18.0 Å². The molecule has 0 radical (unpaired) electrons. The first kappa shape index (κ1) is 26.3. The number of nitrogens with one attached hydrogen (secondary N) is 2.